The number of benzene rings is 1. The zero-order chi connectivity index (χ0) is 18.1. The summed E-state index contributed by atoms with van der Waals surface area (Å²) in [7, 11) is 0. The van der Waals surface area contributed by atoms with Gasteiger partial charge in [-0.2, -0.15) is 13.2 Å². The molecule has 0 amide bonds. The molecule has 0 aromatic heterocycles. The van der Waals surface area contributed by atoms with E-state index in [-0.39, 0.29) is 6.42 Å². The molecule has 1 aromatic rings. The number of hydrogen-bond acceptors (Lipinski definition) is 0. The van der Waals surface area contributed by atoms with E-state index >= 15 is 0 Å². The Bertz CT molecular complexity index is 467. The Morgan fingerprint density at radius 3 is 2.16 bits per heavy atom. The third-order valence-electron chi connectivity index (χ3n) is 5.69. The Labute approximate surface area is 151 Å². The second-order valence-electron chi connectivity index (χ2n) is 7.78. The van der Waals surface area contributed by atoms with Crippen molar-refractivity contribution in [2.24, 2.45) is 5.92 Å². The van der Waals surface area contributed by atoms with Crippen LogP contribution in [-0.4, -0.2) is 6.18 Å². The number of alkyl halides is 3. The molecule has 3 heteroatoms. The predicted molar refractivity (Wildman–Crippen MR) is 98.9 cm³/mol. The summed E-state index contributed by atoms with van der Waals surface area (Å²) in [6, 6.07) is 8.66. The van der Waals surface area contributed by atoms with E-state index in [1.54, 1.807) is 0 Å². The van der Waals surface area contributed by atoms with Crippen LogP contribution in [0.15, 0.2) is 24.3 Å². The summed E-state index contributed by atoms with van der Waals surface area (Å²) in [5, 5.41) is 0. The maximum atomic E-state index is 12.2. The van der Waals surface area contributed by atoms with E-state index in [4.69, 9.17) is 0 Å². The van der Waals surface area contributed by atoms with Gasteiger partial charge in [0.05, 0.1) is 0 Å². The van der Waals surface area contributed by atoms with Gasteiger partial charge < -0.3 is 0 Å². The molecular formula is C22H33F3. The molecule has 0 spiro atoms. The third kappa shape index (κ3) is 7.83. The number of hydrogen-bond donors (Lipinski definition) is 0. The molecule has 0 unspecified atom stereocenters. The quantitative estimate of drug-likeness (QED) is 0.397. The molecule has 0 bridgehead atoms. The summed E-state index contributed by atoms with van der Waals surface area (Å²) >= 11 is 0. The molecule has 0 heterocycles. The molecule has 1 aliphatic rings. The standard InChI is InChI=1S/C22H33F3/c1-2-3-4-7-18-9-13-20(14-10-18)21-15-11-19(12-16-21)8-5-6-17-22(23,24)25/h11-12,15-16,18,20H,2-10,13-14,17H2,1H3. The van der Waals surface area contributed by atoms with Crippen LogP contribution in [0.25, 0.3) is 0 Å². The summed E-state index contributed by atoms with van der Waals surface area (Å²) in [4.78, 5) is 0. The summed E-state index contributed by atoms with van der Waals surface area (Å²) in [6.07, 6.45) is 7.67. The van der Waals surface area contributed by atoms with Gasteiger partial charge in [-0.1, -0.05) is 56.9 Å². The van der Waals surface area contributed by atoms with Crippen molar-refractivity contribution in [2.45, 2.75) is 96.1 Å². The van der Waals surface area contributed by atoms with Gasteiger partial charge in [0.1, 0.15) is 0 Å². The fraction of sp³-hybridized carbons (Fsp3) is 0.727. The van der Waals surface area contributed by atoms with Crippen LogP contribution in [0.1, 0.15) is 94.6 Å². The first kappa shape index (κ1) is 20.3. The lowest BCUT2D eigenvalue weighted by Gasteiger charge is -2.29. The smallest absolute Gasteiger partial charge is 0.171 e. The Hall–Kier alpha value is -0.990. The highest BCUT2D eigenvalue weighted by atomic mass is 19.4. The van der Waals surface area contributed by atoms with E-state index in [9.17, 15) is 13.2 Å². The van der Waals surface area contributed by atoms with E-state index in [1.807, 2.05) is 0 Å². The minimum absolute atomic E-state index is 0.229. The molecule has 0 aliphatic heterocycles. The summed E-state index contributed by atoms with van der Waals surface area (Å²) in [6.45, 7) is 2.26. The van der Waals surface area contributed by atoms with E-state index < -0.39 is 12.6 Å². The SMILES string of the molecule is CCCCCC1CCC(c2ccc(CCCCC(F)(F)F)cc2)CC1. The molecule has 0 radical (unpaired) electrons. The number of halogens is 3. The molecule has 0 N–H and O–H groups in total. The third-order valence-corrected chi connectivity index (χ3v) is 5.69. The maximum Gasteiger partial charge on any atom is 0.389 e. The highest BCUT2D eigenvalue weighted by Crippen LogP contribution is 2.37. The lowest BCUT2D eigenvalue weighted by molar-refractivity contribution is -0.135. The molecule has 1 aromatic carbocycles. The Balaban J connectivity index is 1.70. The predicted octanol–water partition coefficient (Wildman–Crippen LogP) is 7.82. The van der Waals surface area contributed by atoms with E-state index in [0.29, 0.717) is 12.3 Å². The van der Waals surface area contributed by atoms with Crippen LogP contribution in [0.5, 0.6) is 0 Å². The summed E-state index contributed by atoms with van der Waals surface area (Å²) < 4.78 is 36.5. The van der Waals surface area contributed by atoms with E-state index in [2.05, 4.69) is 31.2 Å². The van der Waals surface area contributed by atoms with Crippen LogP contribution in [-0.2, 0) is 6.42 Å². The topological polar surface area (TPSA) is 0 Å². The molecule has 0 atom stereocenters. The fourth-order valence-corrected chi connectivity index (χ4v) is 4.08. The molecule has 2 rings (SSSR count). The van der Waals surface area contributed by atoms with Gasteiger partial charge in [-0.25, -0.2) is 0 Å². The first-order chi connectivity index (χ1) is 12.0. The molecular weight excluding hydrogens is 321 g/mol. The molecule has 1 aliphatic carbocycles. The summed E-state index contributed by atoms with van der Waals surface area (Å²) in [5.41, 5.74) is 2.59. The van der Waals surface area contributed by atoms with Crippen LogP contribution in [0, 0.1) is 5.92 Å². The highest BCUT2D eigenvalue weighted by Gasteiger charge is 2.26. The van der Waals surface area contributed by atoms with E-state index in [1.165, 1.54) is 62.5 Å². The fourth-order valence-electron chi connectivity index (χ4n) is 4.08. The van der Waals surface area contributed by atoms with Crippen LogP contribution in [0.3, 0.4) is 0 Å². The zero-order valence-electron chi connectivity index (χ0n) is 15.6. The van der Waals surface area contributed by atoms with Gasteiger partial charge in [0, 0.05) is 6.42 Å². The molecule has 25 heavy (non-hydrogen) atoms. The largest absolute Gasteiger partial charge is 0.389 e. The lowest BCUT2D eigenvalue weighted by atomic mass is 9.77. The Morgan fingerprint density at radius 2 is 1.56 bits per heavy atom. The van der Waals surface area contributed by atoms with Gasteiger partial charge in [0.15, 0.2) is 0 Å². The average molecular weight is 354 g/mol. The normalized spacial score (nSPS) is 21.4. The number of rotatable bonds is 9. The monoisotopic (exact) mass is 354 g/mol. The minimum atomic E-state index is -4.01. The molecule has 0 saturated heterocycles. The second kappa shape index (κ2) is 10.2. The molecule has 1 saturated carbocycles. The van der Waals surface area contributed by atoms with Gasteiger partial charge in [-0.3, -0.25) is 0 Å². The van der Waals surface area contributed by atoms with Crippen LogP contribution >= 0.6 is 0 Å². The Kier molecular flexibility index (Phi) is 8.32. The van der Waals surface area contributed by atoms with Gasteiger partial charge in [0.2, 0.25) is 0 Å². The van der Waals surface area contributed by atoms with E-state index in [0.717, 1.165) is 12.3 Å². The molecule has 1 fully saturated rings. The number of unbranched alkanes of at least 4 members (excludes halogenated alkanes) is 3. The van der Waals surface area contributed by atoms with Crippen molar-refractivity contribution in [1.29, 1.82) is 0 Å². The van der Waals surface area contributed by atoms with Crippen molar-refractivity contribution < 1.29 is 13.2 Å². The summed E-state index contributed by atoms with van der Waals surface area (Å²) in [5.74, 6) is 1.61. The van der Waals surface area contributed by atoms with Crippen molar-refractivity contribution in [3.8, 4) is 0 Å². The van der Waals surface area contributed by atoms with Gasteiger partial charge in [0.25, 0.3) is 0 Å². The maximum absolute atomic E-state index is 12.2. The van der Waals surface area contributed by atoms with Crippen LogP contribution in [0.2, 0.25) is 0 Å². The van der Waals surface area contributed by atoms with Crippen molar-refractivity contribution >= 4 is 0 Å². The van der Waals surface area contributed by atoms with Gasteiger partial charge >= 0.3 is 6.18 Å². The van der Waals surface area contributed by atoms with Gasteiger partial charge in [-0.05, 0) is 67.9 Å². The lowest BCUT2D eigenvalue weighted by Crippen LogP contribution is -2.13. The second-order valence-corrected chi connectivity index (χ2v) is 7.78. The molecule has 142 valence electrons. The molecule has 0 nitrogen and oxygen atoms in total. The zero-order valence-corrected chi connectivity index (χ0v) is 15.6. The first-order valence-electron chi connectivity index (χ1n) is 10.1. The Morgan fingerprint density at radius 1 is 0.880 bits per heavy atom. The first-order valence-corrected chi connectivity index (χ1v) is 10.1. The van der Waals surface area contributed by atoms with Crippen LogP contribution in [0.4, 0.5) is 13.2 Å². The van der Waals surface area contributed by atoms with Crippen molar-refractivity contribution in [3.63, 3.8) is 0 Å². The number of aryl methyl sites for hydroxylation is 1. The minimum Gasteiger partial charge on any atom is -0.171 e. The van der Waals surface area contributed by atoms with Crippen molar-refractivity contribution in [3.05, 3.63) is 35.4 Å². The van der Waals surface area contributed by atoms with Crippen LogP contribution < -0.4 is 0 Å². The average Bonchev–Trinajstić information content (AvgIpc) is 2.59. The van der Waals surface area contributed by atoms with Crippen molar-refractivity contribution in [1.82, 2.24) is 0 Å². The highest BCUT2D eigenvalue weighted by molar-refractivity contribution is 5.26. The van der Waals surface area contributed by atoms with Crippen molar-refractivity contribution in [2.75, 3.05) is 0 Å². The van der Waals surface area contributed by atoms with Gasteiger partial charge in [-0.15, -0.1) is 0 Å².